The van der Waals surface area contributed by atoms with Crippen LogP contribution in [-0.2, 0) is 0 Å². The second-order valence-electron chi connectivity index (χ2n) is 3.30. The van der Waals surface area contributed by atoms with Crippen LogP contribution in [0.4, 0.5) is 0 Å². The highest BCUT2D eigenvalue weighted by molar-refractivity contribution is 5.24. The van der Waals surface area contributed by atoms with Crippen LogP contribution in [0.2, 0.25) is 0 Å². The first-order valence-corrected chi connectivity index (χ1v) is 4.14. The molecule has 0 radical (unpaired) electrons. The van der Waals surface area contributed by atoms with Crippen LogP contribution in [0, 0.1) is 11.8 Å². The maximum Gasteiger partial charge on any atom is 0.0969 e. The van der Waals surface area contributed by atoms with E-state index in [1.54, 1.807) is 6.08 Å². The predicted octanol–water partition coefficient (Wildman–Crippen LogP) is 0.880. The Hall–Kier alpha value is -1.12. The third-order valence-corrected chi connectivity index (χ3v) is 2.10. The molecule has 3 nitrogen and oxygen atoms in total. The summed E-state index contributed by atoms with van der Waals surface area (Å²) in [7, 11) is 0. The molecule has 12 heavy (non-hydrogen) atoms. The number of hydrogen-bond acceptors (Lipinski definition) is 3. The summed E-state index contributed by atoms with van der Waals surface area (Å²) in [6.07, 6.45) is 3.23. The van der Waals surface area contributed by atoms with Gasteiger partial charge >= 0.3 is 0 Å². The standard InChI is InChI=1S/C9H19N3/c1-6(2)7(3)8(4-5-10)9(11)12/h4-7H,10-12H2,1-3H3/b5-4-. The summed E-state index contributed by atoms with van der Waals surface area (Å²) in [4.78, 5) is 0. The molecular formula is C9H19N3. The minimum Gasteiger partial charge on any atom is -0.405 e. The smallest absolute Gasteiger partial charge is 0.0969 e. The Labute approximate surface area is 74.3 Å². The van der Waals surface area contributed by atoms with Gasteiger partial charge in [-0.3, -0.25) is 0 Å². The first kappa shape index (κ1) is 10.9. The second-order valence-corrected chi connectivity index (χ2v) is 3.30. The fourth-order valence-corrected chi connectivity index (χ4v) is 0.974. The SMILES string of the molecule is CC(C)C(C)C(/C=C\N)=C(N)N. The molecule has 1 unspecified atom stereocenters. The monoisotopic (exact) mass is 169 g/mol. The van der Waals surface area contributed by atoms with Crippen LogP contribution in [0.1, 0.15) is 20.8 Å². The van der Waals surface area contributed by atoms with Crippen LogP contribution in [0.25, 0.3) is 0 Å². The first-order chi connectivity index (χ1) is 5.50. The zero-order valence-corrected chi connectivity index (χ0v) is 8.04. The van der Waals surface area contributed by atoms with Crippen molar-refractivity contribution >= 4 is 0 Å². The summed E-state index contributed by atoms with van der Waals surface area (Å²) in [5.74, 6) is 1.21. The van der Waals surface area contributed by atoms with Crippen LogP contribution in [0.5, 0.6) is 0 Å². The highest BCUT2D eigenvalue weighted by Gasteiger charge is 2.12. The predicted molar refractivity (Wildman–Crippen MR) is 52.7 cm³/mol. The molecule has 0 aliphatic rings. The molecule has 0 aromatic rings. The molecule has 0 aromatic carbocycles. The van der Waals surface area contributed by atoms with E-state index in [0.717, 1.165) is 5.57 Å². The minimum absolute atomic E-state index is 0.342. The lowest BCUT2D eigenvalue weighted by Gasteiger charge is -2.17. The van der Waals surface area contributed by atoms with Gasteiger partial charge < -0.3 is 17.2 Å². The number of allylic oxidation sites excluding steroid dienone is 2. The summed E-state index contributed by atoms with van der Waals surface area (Å²) >= 11 is 0. The molecule has 0 spiro atoms. The van der Waals surface area contributed by atoms with Gasteiger partial charge in [-0.2, -0.15) is 0 Å². The van der Waals surface area contributed by atoms with E-state index in [4.69, 9.17) is 17.2 Å². The van der Waals surface area contributed by atoms with Crippen molar-refractivity contribution < 1.29 is 0 Å². The molecule has 0 heterocycles. The maximum absolute atomic E-state index is 5.51. The molecule has 6 N–H and O–H groups in total. The van der Waals surface area contributed by atoms with Crippen molar-refractivity contribution in [3.8, 4) is 0 Å². The minimum atomic E-state index is 0.342. The van der Waals surface area contributed by atoms with E-state index < -0.39 is 0 Å². The highest BCUT2D eigenvalue weighted by Crippen LogP contribution is 2.20. The normalized spacial score (nSPS) is 13.7. The number of rotatable bonds is 3. The zero-order chi connectivity index (χ0) is 9.72. The second kappa shape index (κ2) is 4.70. The summed E-state index contributed by atoms with van der Waals surface area (Å²) in [5.41, 5.74) is 17.2. The lowest BCUT2D eigenvalue weighted by atomic mass is 9.90. The summed E-state index contributed by atoms with van der Waals surface area (Å²) in [6.45, 7) is 6.33. The summed E-state index contributed by atoms with van der Waals surface area (Å²) in [5, 5.41) is 0. The van der Waals surface area contributed by atoms with Crippen molar-refractivity contribution in [1.82, 2.24) is 0 Å². The van der Waals surface area contributed by atoms with Crippen molar-refractivity contribution in [1.29, 1.82) is 0 Å². The Morgan fingerprint density at radius 1 is 1.17 bits per heavy atom. The van der Waals surface area contributed by atoms with E-state index in [1.807, 2.05) is 0 Å². The van der Waals surface area contributed by atoms with Crippen LogP contribution in [0.3, 0.4) is 0 Å². The van der Waals surface area contributed by atoms with E-state index >= 15 is 0 Å². The van der Waals surface area contributed by atoms with Crippen LogP contribution in [0.15, 0.2) is 23.7 Å². The molecule has 0 aromatic heterocycles. The molecule has 0 rings (SSSR count). The van der Waals surface area contributed by atoms with Gasteiger partial charge in [0, 0.05) is 0 Å². The van der Waals surface area contributed by atoms with Gasteiger partial charge in [0.15, 0.2) is 0 Å². The van der Waals surface area contributed by atoms with Crippen molar-refractivity contribution in [2.24, 2.45) is 29.0 Å². The molecule has 3 heteroatoms. The van der Waals surface area contributed by atoms with Crippen molar-refractivity contribution in [2.75, 3.05) is 0 Å². The average molecular weight is 169 g/mol. The van der Waals surface area contributed by atoms with Gasteiger partial charge in [0.1, 0.15) is 0 Å². The Bertz CT molecular complexity index is 188. The summed E-state index contributed by atoms with van der Waals surface area (Å²) < 4.78 is 0. The van der Waals surface area contributed by atoms with Crippen LogP contribution >= 0.6 is 0 Å². The first-order valence-electron chi connectivity index (χ1n) is 4.14. The Morgan fingerprint density at radius 2 is 1.67 bits per heavy atom. The average Bonchev–Trinajstić information content (AvgIpc) is 1.98. The highest BCUT2D eigenvalue weighted by atomic mass is 14.8. The van der Waals surface area contributed by atoms with Crippen LogP contribution < -0.4 is 17.2 Å². The van der Waals surface area contributed by atoms with Gasteiger partial charge in [-0.25, -0.2) is 0 Å². The lowest BCUT2D eigenvalue weighted by molar-refractivity contribution is 0.484. The third kappa shape index (κ3) is 2.86. The van der Waals surface area contributed by atoms with Gasteiger partial charge in [0.2, 0.25) is 0 Å². The van der Waals surface area contributed by atoms with E-state index in [2.05, 4.69) is 20.8 Å². The quantitative estimate of drug-likeness (QED) is 0.549. The van der Waals surface area contributed by atoms with Gasteiger partial charge in [-0.05, 0) is 29.7 Å². The fraction of sp³-hybridized carbons (Fsp3) is 0.556. The van der Waals surface area contributed by atoms with Crippen LogP contribution in [-0.4, -0.2) is 0 Å². The van der Waals surface area contributed by atoms with E-state index in [9.17, 15) is 0 Å². The van der Waals surface area contributed by atoms with Gasteiger partial charge in [-0.1, -0.05) is 20.8 Å². The molecule has 0 aliphatic carbocycles. The molecule has 0 fully saturated rings. The molecule has 0 saturated carbocycles. The van der Waals surface area contributed by atoms with Gasteiger partial charge in [-0.15, -0.1) is 0 Å². The largest absolute Gasteiger partial charge is 0.405 e. The van der Waals surface area contributed by atoms with Gasteiger partial charge in [0.25, 0.3) is 0 Å². The maximum atomic E-state index is 5.51. The van der Waals surface area contributed by atoms with Crippen molar-refractivity contribution in [2.45, 2.75) is 20.8 Å². The Balaban J connectivity index is 4.65. The Kier molecular flexibility index (Phi) is 4.26. The van der Waals surface area contributed by atoms with E-state index in [0.29, 0.717) is 17.7 Å². The fourth-order valence-electron chi connectivity index (χ4n) is 0.974. The van der Waals surface area contributed by atoms with Gasteiger partial charge in [0.05, 0.1) is 5.82 Å². The molecule has 0 amide bonds. The number of hydrogen-bond donors (Lipinski definition) is 3. The molecule has 0 aliphatic heterocycles. The third-order valence-electron chi connectivity index (χ3n) is 2.10. The molecular weight excluding hydrogens is 150 g/mol. The molecule has 1 atom stereocenters. The summed E-state index contributed by atoms with van der Waals surface area (Å²) in [6, 6.07) is 0. The molecule has 0 saturated heterocycles. The number of nitrogens with two attached hydrogens (primary N) is 3. The topological polar surface area (TPSA) is 78.1 Å². The Morgan fingerprint density at radius 3 is 1.92 bits per heavy atom. The van der Waals surface area contributed by atoms with Crippen molar-refractivity contribution in [3.63, 3.8) is 0 Å². The molecule has 70 valence electrons. The lowest BCUT2D eigenvalue weighted by Crippen LogP contribution is -2.18. The van der Waals surface area contributed by atoms with E-state index in [1.165, 1.54) is 6.20 Å². The van der Waals surface area contributed by atoms with E-state index in [-0.39, 0.29) is 0 Å². The molecule has 0 bridgehead atoms. The van der Waals surface area contributed by atoms with Crippen molar-refractivity contribution in [3.05, 3.63) is 23.7 Å². The zero-order valence-electron chi connectivity index (χ0n) is 8.04.